The van der Waals surface area contributed by atoms with Gasteiger partial charge in [0.05, 0.1) is 22.8 Å². The van der Waals surface area contributed by atoms with Crippen LogP contribution in [0.15, 0.2) is 85.0 Å². The summed E-state index contributed by atoms with van der Waals surface area (Å²) >= 11 is 0. The number of aromatic amines is 2. The van der Waals surface area contributed by atoms with Crippen molar-refractivity contribution in [2.75, 3.05) is 0 Å². The second-order valence-corrected chi connectivity index (χ2v) is 8.87. The predicted molar refractivity (Wildman–Crippen MR) is 141 cm³/mol. The van der Waals surface area contributed by atoms with Crippen LogP contribution >= 0.6 is 0 Å². The zero-order valence-corrected chi connectivity index (χ0v) is 18.4. The number of rotatable bonds is 2. The number of hydrogen-bond donors (Lipinski definition) is 2. The van der Waals surface area contributed by atoms with E-state index in [1.54, 1.807) is 0 Å². The van der Waals surface area contributed by atoms with Gasteiger partial charge in [-0.05, 0) is 60.7 Å². The van der Waals surface area contributed by atoms with Gasteiger partial charge in [0.2, 0.25) is 0 Å². The number of fused-ring (bicyclic) bond motifs is 8. The highest BCUT2D eigenvalue weighted by molar-refractivity contribution is 5.82. The van der Waals surface area contributed by atoms with Gasteiger partial charge in [-0.3, -0.25) is 0 Å². The van der Waals surface area contributed by atoms with Crippen molar-refractivity contribution in [2.45, 2.75) is 11.8 Å². The number of nitrogens with zero attached hydrogens (tertiary/aromatic N) is 2. The summed E-state index contributed by atoms with van der Waals surface area (Å²) in [6, 6.07) is 12.7. The maximum absolute atomic E-state index is 5.17. The molecule has 0 spiro atoms. The van der Waals surface area contributed by atoms with Crippen LogP contribution in [0.3, 0.4) is 0 Å². The Labute approximate surface area is 197 Å². The topological polar surface area (TPSA) is 57.4 Å². The van der Waals surface area contributed by atoms with Crippen molar-refractivity contribution in [1.82, 2.24) is 19.9 Å². The Kier molecular flexibility index (Phi) is 4.24. The second-order valence-electron chi connectivity index (χ2n) is 8.87. The van der Waals surface area contributed by atoms with Crippen LogP contribution in [0, 0.1) is 0 Å². The van der Waals surface area contributed by atoms with Gasteiger partial charge in [0, 0.05) is 45.0 Å². The van der Waals surface area contributed by atoms with E-state index in [2.05, 4.69) is 119 Å². The Balaban J connectivity index is 1.61. The van der Waals surface area contributed by atoms with Crippen LogP contribution in [0.1, 0.15) is 45.7 Å². The molecular weight excluding hydrogens is 416 g/mol. The van der Waals surface area contributed by atoms with E-state index in [-0.39, 0.29) is 11.8 Å². The molecule has 3 aromatic rings. The molecule has 0 fully saturated rings. The molecule has 4 heteroatoms. The minimum Gasteiger partial charge on any atom is -0.355 e. The third-order valence-corrected chi connectivity index (χ3v) is 6.64. The van der Waals surface area contributed by atoms with Crippen LogP contribution < -0.4 is 0 Å². The van der Waals surface area contributed by atoms with Crippen LogP contribution in [0.2, 0.25) is 0 Å². The first-order valence-electron chi connectivity index (χ1n) is 11.6. The van der Waals surface area contributed by atoms with Crippen LogP contribution in [-0.4, -0.2) is 19.9 Å². The smallest absolute Gasteiger partial charge is 0.0700 e. The molecule has 2 N–H and O–H groups in total. The highest BCUT2D eigenvalue weighted by Crippen LogP contribution is 2.35. The largest absolute Gasteiger partial charge is 0.355 e. The van der Waals surface area contributed by atoms with Gasteiger partial charge in [-0.25, -0.2) is 9.97 Å². The molecule has 0 atom stereocenters. The number of H-pyrrole nitrogens is 2. The third-order valence-electron chi connectivity index (χ3n) is 6.64. The van der Waals surface area contributed by atoms with E-state index in [1.807, 2.05) is 0 Å². The Morgan fingerprint density at radius 2 is 1.09 bits per heavy atom. The van der Waals surface area contributed by atoms with Crippen LogP contribution in [-0.2, 0) is 0 Å². The number of hydrogen-bond acceptors (Lipinski definition) is 2. The van der Waals surface area contributed by atoms with Crippen LogP contribution in [0.5, 0.6) is 0 Å². The molecule has 0 aromatic carbocycles. The van der Waals surface area contributed by atoms with E-state index >= 15 is 0 Å². The maximum Gasteiger partial charge on any atom is 0.0700 e. The molecule has 0 amide bonds. The first-order valence-corrected chi connectivity index (χ1v) is 11.6. The highest BCUT2D eigenvalue weighted by atomic mass is 14.8. The minimum absolute atomic E-state index is 0.155. The SMILES string of the molecule is C1=CC(c2c3nc(cc4ccc(cc5ccc([nH]5)c(C5C=CC=C5)c5nc2C=C5)[nH]4)C=C3)C=C1. The second kappa shape index (κ2) is 7.56. The van der Waals surface area contributed by atoms with Gasteiger partial charge in [-0.2, -0.15) is 0 Å². The lowest BCUT2D eigenvalue weighted by atomic mass is 9.97. The van der Waals surface area contributed by atoms with Crippen LogP contribution in [0.25, 0.3) is 46.4 Å². The molecule has 4 aliphatic rings. The predicted octanol–water partition coefficient (Wildman–Crippen LogP) is 7.07. The van der Waals surface area contributed by atoms with E-state index in [4.69, 9.17) is 9.97 Å². The van der Waals surface area contributed by atoms with Gasteiger partial charge in [0.25, 0.3) is 0 Å². The third kappa shape index (κ3) is 3.23. The fourth-order valence-electron chi connectivity index (χ4n) is 5.06. The lowest BCUT2D eigenvalue weighted by molar-refractivity contribution is 1.04. The molecule has 8 bridgehead atoms. The fraction of sp³-hybridized carbons (Fsp3) is 0.0667. The van der Waals surface area contributed by atoms with Gasteiger partial charge in [0.15, 0.2) is 0 Å². The molecule has 4 nitrogen and oxygen atoms in total. The zero-order valence-electron chi connectivity index (χ0n) is 18.4. The average Bonchev–Trinajstić information content (AvgIpc) is 3.67. The van der Waals surface area contributed by atoms with Crippen molar-refractivity contribution in [3.63, 3.8) is 0 Å². The van der Waals surface area contributed by atoms with Gasteiger partial charge in [-0.1, -0.05) is 48.6 Å². The molecule has 0 saturated heterocycles. The Hall–Kier alpha value is -4.44. The Morgan fingerprint density at radius 3 is 1.85 bits per heavy atom. The van der Waals surface area contributed by atoms with Crippen molar-refractivity contribution in [1.29, 1.82) is 0 Å². The monoisotopic (exact) mass is 438 g/mol. The fourth-order valence-corrected chi connectivity index (χ4v) is 5.06. The van der Waals surface area contributed by atoms with Crippen molar-refractivity contribution in [3.8, 4) is 0 Å². The zero-order chi connectivity index (χ0) is 22.5. The minimum atomic E-state index is 0.155. The summed E-state index contributed by atoms with van der Waals surface area (Å²) in [6.45, 7) is 0. The van der Waals surface area contributed by atoms with E-state index in [1.165, 1.54) is 5.56 Å². The van der Waals surface area contributed by atoms with Crippen molar-refractivity contribution in [3.05, 3.63) is 119 Å². The van der Waals surface area contributed by atoms with Gasteiger partial charge in [0.1, 0.15) is 0 Å². The summed E-state index contributed by atoms with van der Waals surface area (Å²) < 4.78 is 0. The number of aromatic nitrogens is 4. The molecular formula is C30H22N4. The Bertz CT molecular complexity index is 1640. The molecule has 2 aliphatic carbocycles. The lowest BCUT2D eigenvalue weighted by Gasteiger charge is -2.09. The first-order chi connectivity index (χ1) is 16.8. The molecule has 5 heterocycles. The summed E-state index contributed by atoms with van der Waals surface area (Å²) in [5.74, 6) is 0.334. The summed E-state index contributed by atoms with van der Waals surface area (Å²) in [7, 11) is 0. The Morgan fingerprint density at radius 1 is 0.529 bits per heavy atom. The van der Waals surface area contributed by atoms with Gasteiger partial charge >= 0.3 is 0 Å². The molecule has 0 unspecified atom stereocenters. The summed E-state index contributed by atoms with van der Waals surface area (Å²) in [4.78, 5) is 17.2. The van der Waals surface area contributed by atoms with Crippen molar-refractivity contribution < 1.29 is 0 Å². The van der Waals surface area contributed by atoms with Crippen molar-refractivity contribution in [2.24, 2.45) is 0 Å². The normalized spacial score (nSPS) is 16.5. The summed E-state index contributed by atoms with van der Waals surface area (Å²) in [6.07, 6.45) is 25.7. The first kappa shape index (κ1) is 19.1. The summed E-state index contributed by atoms with van der Waals surface area (Å²) in [5.41, 5.74) is 10.4. The standard InChI is InChI=1S/C30H22N4/c1-2-6-19(5-1)29-25-13-11-23(32-25)17-21-9-10-22(31-21)18-24-12-14-26(33-24)30(20-7-3-4-8-20)28-16-15-27(29)34-28/h1-20,31-32H. The molecule has 162 valence electrons. The highest BCUT2D eigenvalue weighted by Gasteiger charge is 2.21. The van der Waals surface area contributed by atoms with Crippen LogP contribution in [0.4, 0.5) is 0 Å². The van der Waals surface area contributed by atoms with Gasteiger partial charge in [-0.15, -0.1) is 0 Å². The molecule has 0 radical (unpaired) electrons. The van der Waals surface area contributed by atoms with E-state index in [0.717, 1.165) is 50.4 Å². The molecule has 3 aromatic heterocycles. The number of nitrogens with one attached hydrogen (secondary N) is 2. The maximum atomic E-state index is 5.17. The average molecular weight is 439 g/mol. The van der Waals surface area contributed by atoms with Crippen molar-refractivity contribution >= 4 is 46.4 Å². The summed E-state index contributed by atoms with van der Waals surface area (Å²) in [5, 5.41) is 0. The molecule has 2 aliphatic heterocycles. The molecule has 0 saturated carbocycles. The lowest BCUT2D eigenvalue weighted by Crippen LogP contribution is -1.99. The van der Waals surface area contributed by atoms with E-state index in [0.29, 0.717) is 0 Å². The quantitative estimate of drug-likeness (QED) is 0.309. The van der Waals surface area contributed by atoms with E-state index < -0.39 is 0 Å². The van der Waals surface area contributed by atoms with Gasteiger partial charge < -0.3 is 9.97 Å². The molecule has 34 heavy (non-hydrogen) atoms. The number of allylic oxidation sites excluding steroid dienone is 8. The molecule has 7 rings (SSSR count). The van der Waals surface area contributed by atoms with E-state index in [9.17, 15) is 0 Å².